The fourth-order valence-electron chi connectivity index (χ4n) is 2.65. The number of hydrogen-bond acceptors (Lipinski definition) is 5. The number of nitrogens with zero attached hydrogens (tertiary/aromatic N) is 1. The number of benzene rings is 1. The Labute approximate surface area is 139 Å². The maximum absolute atomic E-state index is 13.3. The molecule has 2 atom stereocenters. The van der Waals surface area contributed by atoms with Gasteiger partial charge in [0.2, 0.25) is 0 Å². The second-order valence-electron chi connectivity index (χ2n) is 5.53. The SMILES string of the molecule is CCc1ocnc1C(=O)NC1COCCC1Oc1cccc(F)c1. The predicted molar refractivity (Wildman–Crippen MR) is 83.4 cm³/mol. The smallest absolute Gasteiger partial charge is 0.273 e. The first-order chi connectivity index (χ1) is 11.7. The molecule has 1 fully saturated rings. The molecule has 1 saturated heterocycles. The Morgan fingerprint density at radius 1 is 1.50 bits per heavy atom. The van der Waals surface area contributed by atoms with Crippen molar-refractivity contribution in [2.45, 2.75) is 31.9 Å². The van der Waals surface area contributed by atoms with Gasteiger partial charge >= 0.3 is 0 Å². The van der Waals surface area contributed by atoms with Gasteiger partial charge in [0.1, 0.15) is 23.4 Å². The van der Waals surface area contributed by atoms with Crippen LogP contribution in [0.4, 0.5) is 4.39 Å². The molecule has 0 aliphatic carbocycles. The van der Waals surface area contributed by atoms with E-state index in [0.717, 1.165) is 0 Å². The normalized spacial score (nSPS) is 20.6. The molecule has 0 bridgehead atoms. The van der Waals surface area contributed by atoms with Crippen molar-refractivity contribution < 1.29 is 23.1 Å². The summed E-state index contributed by atoms with van der Waals surface area (Å²) in [5.74, 6) is 0.267. The van der Waals surface area contributed by atoms with Crippen LogP contribution in [0.2, 0.25) is 0 Å². The van der Waals surface area contributed by atoms with Crippen LogP contribution in [0.15, 0.2) is 35.1 Å². The first-order valence-corrected chi connectivity index (χ1v) is 7.90. The van der Waals surface area contributed by atoms with Gasteiger partial charge in [-0.25, -0.2) is 9.37 Å². The summed E-state index contributed by atoms with van der Waals surface area (Å²) in [7, 11) is 0. The molecule has 24 heavy (non-hydrogen) atoms. The minimum atomic E-state index is -0.365. The van der Waals surface area contributed by atoms with Crippen molar-refractivity contribution in [3.8, 4) is 5.75 Å². The van der Waals surface area contributed by atoms with Crippen LogP contribution >= 0.6 is 0 Å². The van der Waals surface area contributed by atoms with Crippen molar-refractivity contribution in [2.24, 2.45) is 0 Å². The minimum Gasteiger partial charge on any atom is -0.488 e. The largest absolute Gasteiger partial charge is 0.488 e. The molecule has 1 aliphatic heterocycles. The van der Waals surface area contributed by atoms with E-state index < -0.39 is 0 Å². The molecular formula is C17H19FN2O4. The van der Waals surface area contributed by atoms with Gasteiger partial charge in [0.15, 0.2) is 12.1 Å². The summed E-state index contributed by atoms with van der Waals surface area (Å²) in [6.45, 7) is 2.73. The summed E-state index contributed by atoms with van der Waals surface area (Å²) in [4.78, 5) is 16.4. The van der Waals surface area contributed by atoms with E-state index in [4.69, 9.17) is 13.9 Å². The van der Waals surface area contributed by atoms with E-state index in [9.17, 15) is 9.18 Å². The van der Waals surface area contributed by atoms with E-state index in [-0.39, 0.29) is 29.6 Å². The summed E-state index contributed by atoms with van der Waals surface area (Å²) in [5.41, 5.74) is 0.271. The molecule has 0 spiro atoms. The molecule has 7 heteroatoms. The maximum Gasteiger partial charge on any atom is 0.273 e. The number of amides is 1. The Balaban J connectivity index is 1.69. The topological polar surface area (TPSA) is 73.6 Å². The molecule has 128 valence electrons. The number of oxazole rings is 1. The third-order valence-electron chi connectivity index (χ3n) is 3.87. The molecule has 0 saturated carbocycles. The monoisotopic (exact) mass is 334 g/mol. The lowest BCUT2D eigenvalue weighted by molar-refractivity contribution is -0.00305. The maximum atomic E-state index is 13.3. The molecule has 1 N–H and O–H groups in total. The third-order valence-corrected chi connectivity index (χ3v) is 3.87. The molecule has 1 aromatic heterocycles. The molecule has 1 aromatic carbocycles. The van der Waals surface area contributed by atoms with E-state index >= 15 is 0 Å². The summed E-state index contributed by atoms with van der Waals surface area (Å²) < 4.78 is 29.8. The molecule has 3 rings (SSSR count). The fraction of sp³-hybridized carbons (Fsp3) is 0.412. The van der Waals surface area contributed by atoms with Crippen molar-refractivity contribution in [1.82, 2.24) is 10.3 Å². The summed E-state index contributed by atoms with van der Waals surface area (Å²) in [6.07, 6.45) is 2.13. The second kappa shape index (κ2) is 7.44. The number of rotatable bonds is 5. The third kappa shape index (κ3) is 3.73. The number of aromatic nitrogens is 1. The zero-order chi connectivity index (χ0) is 16.9. The highest BCUT2D eigenvalue weighted by Crippen LogP contribution is 2.19. The van der Waals surface area contributed by atoms with E-state index in [1.165, 1.54) is 18.5 Å². The average Bonchev–Trinajstić information content (AvgIpc) is 3.05. The molecular weight excluding hydrogens is 315 g/mol. The quantitative estimate of drug-likeness (QED) is 0.908. The van der Waals surface area contributed by atoms with Crippen LogP contribution in [0, 0.1) is 5.82 Å². The standard InChI is InChI=1S/C17H19FN2O4/c1-2-14-16(19-10-23-14)17(21)20-13-9-22-7-6-15(13)24-12-5-3-4-11(18)8-12/h3-5,8,10,13,15H,2,6-7,9H2,1H3,(H,20,21). The molecule has 2 heterocycles. The molecule has 1 amide bonds. The van der Waals surface area contributed by atoms with E-state index in [2.05, 4.69) is 10.3 Å². The van der Waals surface area contributed by atoms with Crippen molar-refractivity contribution in [3.63, 3.8) is 0 Å². The van der Waals surface area contributed by atoms with Crippen molar-refractivity contribution in [2.75, 3.05) is 13.2 Å². The fourth-order valence-corrected chi connectivity index (χ4v) is 2.65. The second-order valence-corrected chi connectivity index (χ2v) is 5.53. The number of carbonyl (C=O) groups excluding carboxylic acids is 1. The van der Waals surface area contributed by atoms with Crippen molar-refractivity contribution in [3.05, 3.63) is 47.9 Å². The first-order valence-electron chi connectivity index (χ1n) is 7.90. The van der Waals surface area contributed by atoms with Gasteiger partial charge < -0.3 is 19.2 Å². The van der Waals surface area contributed by atoms with Crippen LogP contribution in [-0.2, 0) is 11.2 Å². The lowest BCUT2D eigenvalue weighted by Crippen LogP contribution is -2.52. The summed E-state index contributed by atoms with van der Waals surface area (Å²) in [6, 6.07) is 5.59. The summed E-state index contributed by atoms with van der Waals surface area (Å²) >= 11 is 0. The highest BCUT2D eigenvalue weighted by atomic mass is 19.1. The number of halogens is 1. The average molecular weight is 334 g/mol. The Kier molecular flexibility index (Phi) is 5.10. The van der Waals surface area contributed by atoms with Crippen molar-refractivity contribution in [1.29, 1.82) is 0 Å². The van der Waals surface area contributed by atoms with Gasteiger partial charge in [0, 0.05) is 18.9 Å². The highest BCUT2D eigenvalue weighted by Gasteiger charge is 2.30. The first kappa shape index (κ1) is 16.4. The molecule has 0 radical (unpaired) electrons. The van der Waals surface area contributed by atoms with Crippen LogP contribution in [0.1, 0.15) is 29.6 Å². The van der Waals surface area contributed by atoms with Gasteiger partial charge in [-0.2, -0.15) is 0 Å². The van der Waals surface area contributed by atoms with E-state index in [1.54, 1.807) is 12.1 Å². The van der Waals surface area contributed by atoms with Gasteiger partial charge in [-0.1, -0.05) is 13.0 Å². The number of aryl methyl sites for hydroxylation is 1. The number of nitrogens with one attached hydrogen (secondary N) is 1. The van der Waals surface area contributed by atoms with Crippen LogP contribution < -0.4 is 10.1 Å². The van der Waals surface area contributed by atoms with Crippen molar-refractivity contribution >= 4 is 5.91 Å². The minimum absolute atomic E-state index is 0.271. The zero-order valence-corrected chi connectivity index (χ0v) is 13.3. The lowest BCUT2D eigenvalue weighted by atomic mass is 10.1. The van der Waals surface area contributed by atoms with Gasteiger partial charge in [-0.05, 0) is 12.1 Å². The Morgan fingerprint density at radius 2 is 2.38 bits per heavy atom. The van der Waals surface area contributed by atoms with Gasteiger partial charge in [0.05, 0.1) is 19.3 Å². The van der Waals surface area contributed by atoms with Gasteiger partial charge in [-0.3, -0.25) is 4.79 Å². The predicted octanol–water partition coefficient (Wildman–Crippen LogP) is 2.34. The van der Waals surface area contributed by atoms with Crippen LogP contribution in [-0.4, -0.2) is 36.3 Å². The van der Waals surface area contributed by atoms with Gasteiger partial charge in [-0.15, -0.1) is 0 Å². The van der Waals surface area contributed by atoms with E-state index in [1.807, 2.05) is 6.92 Å². The van der Waals surface area contributed by atoms with Gasteiger partial charge in [0.25, 0.3) is 5.91 Å². The molecule has 2 unspecified atom stereocenters. The zero-order valence-electron chi connectivity index (χ0n) is 13.3. The number of hydrogen-bond donors (Lipinski definition) is 1. The number of ether oxygens (including phenoxy) is 2. The number of carbonyl (C=O) groups is 1. The van der Waals surface area contributed by atoms with Crippen LogP contribution in [0.3, 0.4) is 0 Å². The Hall–Kier alpha value is -2.41. The Morgan fingerprint density at radius 3 is 3.17 bits per heavy atom. The molecule has 1 aliphatic rings. The van der Waals surface area contributed by atoms with Crippen LogP contribution in [0.25, 0.3) is 0 Å². The summed E-state index contributed by atoms with van der Waals surface area (Å²) in [5, 5.41) is 2.88. The molecule has 2 aromatic rings. The van der Waals surface area contributed by atoms with Crippen LogP contribution in [0.5, 0.6) is 5.75 Å². The highest BCUT2D eigenvalue weighted by molar-refractivity contribution is 5.93. The lowest BCUT2D eigenvalue weighted by Gasteiger charge is -2.32. The molecule has 6 nitrogen and oxygen atoms in total. The Bertz CT molecular complexity index is 703. The van der Waals surface area contributed by atoms with E-state index in [0.29, 0.717) is 37.6 Å².